The number of hydrogen-bond acceptors (Lipinski definition) is 5. The molecule has 0 aliphatic heterocycles. The van der Waals surface area contributed by atoms with Gasteiger partial charge in [-0.2, -0.15) is 0 Å². The quantitative estimate of drug-likeness (QED) is 0.232. The molecule has 4 N–H and O–H groups in total. The van der Waals surface area contributed by atoms with E-state index in [4.69, 9.17) is 10.2 Å². The molecule has 0 fully saturated rings. The van der Waals surface area contributed by atoms with Crippen LogP contribution in [0.25, 0.3) is 0 Å². The molecule has 26 heavy (non-hydrogen) atoms. The highest BCUT2D eigenvalue weighted by Crippen LogP contribution is 2.08. The Morgan fingerprint density at radius 3 is 2.19 bits per heavy atom. The number of nitrogens with one attached hydrogen (secondary N) is 4. The summed E-state index contributed by atoms with van der Waals surface area (Å²) in [5.41, 5.74) is 1.91. The van der Waals surface area contributed by atoms with Crippen molar-refractivity contribution in [2.24, 2.45) is 0 Å². The van der Waals surface area contributed by atoms with Gasteiger partial charge in [-0.25, -0.2) is 15.0 Å². The van der Waals surface area contributed by atoms with Gasteiger partial charge in [0.2, 0.25) is 11.9 Å². The third kappa shape index (κ3) is 11.5. The lowest BCUT2D eigenvalue weighted by molar-refractivity contribution is -0.137. The first-order valence-corrected chi connectivity index (χ1v) is 8.34. The second-order valence-electron chi connectivity index (χ2n) is 5.52. The van der Waals surface area contributed by atoms with Crippen LogP contribution in [0.5, 0.6) is 0 Å². The maximum atomic E-state index is 11.7. The average Bonchev–Trinajstić information content (AvgIpc) is 2.62. The summed E-state index contributed by atoms with van der Waals surface area (Å²) in [5.74, 6) is -0.900. The van der Waals surface area contributed by atoms with Crippen LogP contribution < -0.4 is 16.0 Å². The molecule has 0 radical (unpaired) electrons. The van der Waals surface area contributed by atoms with E-state index in [2.05, 4.69) is 16.0 Å². The van der Waals surface area contributed by atoms with E-state index < -0.39 is 5.91 Å². The number of Topliss-reactive ketones (excluding diaryl/α,β-unsaturated/α-hetero) is 1. The maximum absolute atomic E-state index is 11.7. The zero-order valence-corrected chi connectivity index (χ0v) is 15.2. The second kappa shape index (κ2) is 14.4. The van der Waals surface area contributed by atoms with Crippen LogP contribution in [0.15, 0.2) is 24.3 Å². The Morgan fingerprint density at radius 1 is 1.04 bits per heavy atom. The number of carbonyl (C=O) groups excluding carboxylic acids is 4. The molecule has 0 saturated heterocycles. The first-order chi connectivity index (χ1) is 12.4. The fraction of sp³-hybridized carbons (Fsp3) is 0.444. The molecule has 1 aromatic rings. The number of likely N-dealkylation sites (N-methyl/N-ethyl adjacent to an activating group) is 1. The van der Waals surface area contributed by atoms with Gasteiger partial charge in [0.05, 0.1) is 0 Å². The first-order valence-electron chi connectivity index (χ1n) is 8.34. The monoisotopic (exact) mass is 362 g/mol. The molecule has 0 spiro atoms. The fourth-order valence-corrected chi connectivity index (χ4v) is 2.03. The van der Waals surface area contributed by atoms with Crippen LogP contribution in [-0.4, -0.2) is 37.4 Å². The normalized spacial score (nSPS) is 9.15. The second-order valence-corrected chi connectivity index (χ2v) is 5.52. The zero-order chi connectivity index (χ0) is 19.8. The van der Waals surface area contributed by atoms with E-state index in [1.807, 2.05) is 31.2 Å². The number of isocyanates is 1. The Bertz CT molecular complexity index is 608. The summed E-state index contributed by atoms with van der Waals surface area (Å²) in [7, 11) is 1.45. The van der Waals surface area contributed by atoms with Crippen molar-refractivity contribution in [3.8, 4) is 0 Å². The van der Waals surface area contributed by atoms with E-state index in [1.54, 1.807) is 0 Å². The predicted molar refractivity (Wildman–Crippen MR) is 98.8 cm³/mol. The van der Waals surface area contributed by atoms with E-state index >= 15 is 0 Å². The zero-order valence-electron chi connectivity index (χ0n) is 15.2. The SMILES string of the molecule is CNC(=O)C(=O)CCCCCCNC(=O)Nc1ccc(C)cc1.N=C=O. The van der Waals surface area contributed by atoms with Gasteiger partial charge in [-0.3, -0.25) is 9.59 Å². The highest BCUT2D eigenvalue weighted by molar-refractivity contribution is 6.36. The minimum Gasteiger partial charge on any atom is -0.353 e. The number of unbranched alkanes of at least 4 members (excludes halogenated alkanes) is 3. The molecular formula is C18H26N4O4. The summed E-state index contributed by atoms with van der Waals surface area (Å²) in [4.78, 5) is 42.3. The molecule has 1 rings (SSSR count). The first kappa shape index (κ1) is 23.0. The van der Waals surface area contributed by atoms with Gasteiger partial charge < -0.3 is 16.0 Å². The molecule has 0 aliphatic carbocycles. The molecular weight excluding hydrogens is 336 g/mol. The Balaban J connectivity index is 0.00000194. The minimum atomic E-state index is -0.528. The predicted octanol–water partition coefficient (Wildman–Crippen LogP) is 2.28. The number of hydrogen-bond donors (Lipinski definition) is 4. The van der Waals surface area contributed by atoms with Crippen molar-refractivity contribution < 1.29 is 19.2 Å². The van der Waals surface area contributed by atoms with Crippen LogP contribution in [0.2, 0.25) is 0 Å². The lowest BCUT2D eigenvalue weighted by atomic mass is 10.1. The van der Waals surface area contributed by atoms with Crippen LogP contribution in [0.4, 0.5) is 10.5 Å². The molecule has 0 saturated carbocycles. The Morgan fingerprint density at radius 2 is 1.62 bits per heavy atom. The van der Waals surface area contributed by atoms with Crippen molar-refractivity contribution in [2.45, 2.75) is 39.0 Å². The van der Waals surface area contributed by atoms with E-state index in [1.165, 1.54) is 7.05 Å². The van der Waals surface area contributed by atoms with Gasteiger partial charge >= 0.3 is 6.03 Å². The largest absolute Gasteiger partial charge is 0.353 e. The molecule has 3 amide bonds. The van der Waals surface area contributed by atoms with Crippen LogP contribution >= 0.6 is 0 Å². The average molecular weight is 362 g/mol. The van der Waals surface area contributed by atoms with Gasteiger partial charge in [-0.05, 0) is 31.9 Å². The number of anilines is 1. The number of aryl methyl sites for hydroxylation is 1. The molecule has 1 aromatic carbocycles. The third-order valence-electron chi connectivity index (χ3n) is 3.41. The van der Waals surface area contributed by atoms with E-state index in [0.29, 0.717) is 13.0 Å². The highest BCUT2D eigenvalue weighted by atomic mass is 16.2. The lowest BCUT2D eigenvalue weighted by Gasteiger charge is -2.07. The van der Waals surface area contributed by atoms with Crippen LogP contribution in [0.3, 0.4) is 0 Å². The number of rotatable bonds is 9. The molecule has 142 valence electrons. The van der Waals surface area contributed by atoms with Crippen molar-refractivity contribution in [3.05, 3.63) is 29.8 Å². The molecule has 0 unspecified atom stereocenters. The number of urea groups is 1. The molecule has 0 bridgehead atoms. The van der Waals surface area contributed by atoms with Crippen LogP contribution in [0.1, 0.15) is 37.7 Å². The van der Waals surface area contributed by atoms with Crippen molar-refractivity contribution in [3.63, 3.8) is 0 Å². The van der Waals surface area contributed by atoms with E-state index in [9.17, 15) is 14.4 Å². The van der Waals surface area contributed by atoms with Crippen molar-refractivity contribution >= 4 is 29.5 Å². The summed E-state index contributed by atoms with van der Waals surface area (Å²) < 4.78 is 0. The summed E-state index contributed by atoms with van der Waals surface area (Å²) >= 11 is 0. The molecule has 0 aliphatic rings. The van der Waals surface area contributed by atoms with Crippen molar-refractivity contribution in [2.75, 3.05) is 18.9 Å². The van der Waals surface area contributed by atoms with Gasteiger partial charge in [0.15, 0.2) is 0 Å². The number of ketones is 1. The summed E-state index contributed by atoms with van der Waals surface area (Å²) in [6.07, 6.45) is 4.34. The van der Waals surface area contributed by atoms with E-state index in [0.717, 1.165) is 36.6 Å². The molecule has 8 nitrogen and oxygen atoms in total. The van der Waals surface area contributed by atoms with Gasteiger partial charge in [-0.15, -0.1) is 0 Å². The Hall–Kier alpha value is -2.99. The smallest absolute Gasteiger partial charge is 0.319 e. The van der Waals surface area contributed by atoms with Gasteiger partial charge in [0.1, 0.15) is 0 Å². The summed E-state index contributed by atoms with van der Waals surface area (Å²) in [5, 5.41) is 13.3. The van der Waals surface area contributed by atoms with Crippen molar-refractivity contribution in [1.29, 1.82) is 5.41 Å². The molecule has 8 heteroatoms. The van der Waals surface area contributed by atoms with Crippen LogP contribution in [-0.2, 0) is 14.4 Å². The van der Waals surface area contributed by atoms with E-state index in [-0.39, 0.29) is 18.2 Å². The lowest BCUT2D eigenvalue weighted by Crippen LogP contribution is -2.29. The van der Waals surface area contributed by atoms with Gasteiger partial charge in [-0.1, -0.05) is 30.5 Å². The Kier molecular flexibility index (Phi) is 12.7. The fourth-order valence-electron chi connectivity index (χ4n) is 2.03. The number of benzene rings is 1. The van der Waals surface area contributed by atoms with Crippen molar-refractivity contribution in [1.82, 2.24) is 10.6 Å². The number of amides is 3. The molecule has 0 aromatic heterocycles. The molecule has 0 atom stereocenters. The summed E-state index contributed by atoms with van der Waals surface area (Å²) in [6.45, 7) is 2.58. The molecule has 0 heterocycles. The highest BCUT2D eigenvalue weighted by Gasteiger charge is 2.09. The van der Waals surface area contributed by atoms with Gasteiger partial charge in [0, 0.05) is 25.7 Å². The standard InChI is InChI=1S/C17H25N3O3.CHNO/c1-13-8-10-14(11-9-13)20-17(23)19-12-6-4-3-5-7-15(21)16(22)18-2;2-1-3/h8-11H,3-7,12H2,1-2H3,(H,18,22)(H2,19,20,23);2H. The summed E-state index contributed by atoms with van der Waals surface area (Å²) in [6, 6.07) is 7.38. The van der Waals surface area contributed by atoms with Crippen LogP contribution in [0, 0.1) is 12.3 Å². The minimum absolute atomic E-state index is 0.219. The Labute approximate surface area is 153 Å². The maximum Gasteiger partial charge on any atom is 0.319 e. The third-order valence-corrected chi connectivity index (χ3v) is 3.41. The number of carbonyl (C=O) groups is 3. The van der Waals surface area contributed by atoms with Gasteiger partial charge in [0.25, 0.3) is 5.91 Å². The topological polar surface area (TPSA) is 128 Å².